The smallest absolute Gasteiger partial charge is 0.408 e. The number of likely N-dealkylation sites (tertiary alicyclic amines) is 1. The molecule has 0 spiro atoms. The number of halogens is 2. The minimum atomic E-state index is -3.04. The molecule has 232 valence electrons. The maximum Gasteiger partial charge on any atom is 0.408 e. The largest absolute Gasteiger partial charge is 0.447 e. The van der Waals surface area contributed by atoms with Crippen molar-refractivity contribution in [2.24, 2.45) is 23.7 Å². The van der Waals surface area contributed by atoms with E-state index in [0.717, 1.165) is 5.56 Å². The third-order valence-electron chi connectivity index (χ3n) is 8.38. The molecule has 3 rings (SSSR count). The monoisotopic (exact) mass is 590 g/mol. The summed E-state index contributed by atoms with van der Waals surface area (Å²) in [5, 5.41) is 2.54. The molecule has 0 radical (unpaired) electrons. The third kappa shape index (κ3) is 8.01. The highest BCUT2D eigenvalue weighted by atomic mass is 19.3. The van der Waals surface area contributed by atoms with Crippen LogP contribution in [0.5, 0.6) is 0 Å². The van der Waals surface area contributed by atoms with Crippen molar-refractivity contribution in [3.8, 4) is 0 Å². The van der Waals surface area contributed by atoms with E-state index in [0.29, 0.717) is 19.3 Å². The number of Topliss-reactive ketones (excluding diaryl/α,β-unsaturated/α-hetero) is 3. The first kappa shape index (κ1) is 33.3. The van der Waals surface area contributed by atoms with Gasteiger partial charge in [-0.15, -0.1) is 0 Å². The number of ether oxygens (including phenoxy) is 1. The Hall–Kier alpha value is -3.17. The number of nitrogens with zero attached hydrogens (tertiary/aromatic N) is 1. The topological polar surface area (TPSA) is 110 Å². The summed E-state index contributed by atoms with van der Waals surface area (Å²) < 4.78 is 34.9. The van der Waals surface area contributed by atoms with Crippen molar-refractivity contribution in [2.75, 3.05) is 6.54 Å². The molecule has 42 heavy (non-hydrogen) atoms. The number of alkyl carbamates (subject to hydrolysis) is 1. The summed E-state index contributed by atoms with van der Waals surface area (Å²) in [6, 6.07) is 7.04. The van der Waals surface area contributed by atoms with Crippen LogP contribution in [0.25, 0.3) is 0 Å². The zero-order valence-electron chi connectivity index (χ0n) is 25.2. The van der Waals surface area contributed by atoms with Crippen LogP contribution in [0.2, 0.25) is 0 Å². The van der Waals surface area contributed by atoms with Gasteiger partial charge in [0.15, 0.2) is 11.6 Å². The second kappa shape index (κ2) is 14.3. The molecular formula is C32H44F2N2O6. The molecule has 1 aliphatic carbocycles. The second-order valence-electron chi connectivity index (χ2n) is 12.3. The molecule has 2 amide bonds. The Kier molecular flexibility index (Phi) is 11.4. The van der Waals surface area contributed by atoms with Gasteiger partial charge in [0, 0.05) is 37.6 Å². The predicted molar refractivity (Wildman–Crippen MR) is 153 cm³/mol. The zero-order chi connectivity index (χ0) is 31.2. The highest BCUT2D eigenvalue weighted by Gasteiger charge is 2.61. The molecule has 8 nitrogen and oxygen atoms in total. The minimum Gasteiger partial charge on any atom is -0.447 e. The first-order valence-corrected chi connectivity index (χ1v) is 15.1. The van der Waals surface area contributed by atoms with Crippen LogP contribution in [-0.4, -0.2) is 64.9 Å². The van der Waals surface area contributed by atoms with Gasteiger partial charge in [-0.25, -0.2) is 13.6 Å². The number of carbonyl (C=O) groups is 5. The van der Waals surface area contributed by atoms with Gasteiger partial charge in [-0.3, -0.25) is 19.2 Å². The number of ketones is 3. The van der Waals surface area contributed by atoms with Gasteiger partial charge in [-0.05, 0) is 50.5 Å². The fourth-order valence-corrected chi connectivity index (χ4v) is 6.26. The molecule has 0 bridgehead atoms. The van der Waals surface area contributed by atoms with Gasteiger partial charge in [0.05, 0.1) is 12.1 Å². The van der Waals surface area contributed by atoms with Crippen molar-refractivity contribution in [2.45, 2.75) is 104 Å². The number of amides is 2. The molecule has 5 atom stereocenters. The van der Waals surface area contributed by atoms with Crippen molar-refractivity contribution in [1.82, 2.24) is 10.2 Å². The van der Waals surface area contributed by atoms with E-state index in [-0.39, 0.29) is 32.2 Å². The van der Waals surface area contributed by atoms with Crippen molar-refractivity contribution in [1.29, 1.82) is 0 Å². The number of nitrogens with one attached hydrogen (secondary N) is 1. The maximum atomic E-state index is 14.9. The van der Waals surface area contributed by atoms with Gasteiger partial charge < -0.3 is 15.0 Å². The predicted octanol–water partition coefficient (Wildman–Crippen LogP) is 5.16. The van der Waals surface area contributed by atoms with E-state index in [1.54, 1.807) is 27.7 Å². The van der Waals surface area contributed by atoms with Crippen molar-refractivity contribution < 1.29 is 37.5 Å². The van der Waals surface area contributed by atoms with E-state index in [1.807, 2.05) is 37.3 Å². The number of fused-ring (bicyclic) bond motifs is 1. The third-order valence-corrected chi connectivity index (χ3v) is 8.38. The van der Waals surface area contributed by atoms with Crippen LogP contribution < -0.4 is 5.32 Å². The molecule has 1 N–H and O–H groups in total. The Morgan fingerprint density at radius 1 is 1.07 bits per heavy atom. The maximum absolute atomic E-state index is 14.9. The molecule has 1 saturated heterocycles. The summed E-state index contributed by atoms with van der Waals surface area (Å²) >= 11 is 0. The Morgan fingerprint density at radius 3 is 2.33 bits per heavy atom. The van der Waals surface area contributed by atoms with Crippen molar-refractivity contribution in [3.05, 3.63) is 35.9 Å². The average Bonchev–Trinajstić information content (AvgIpc) is 3.46. The Balaban J connectivity index is 1.81. The molecule has 2 aliphatic rings. The summed E-state index contributed by atoms with van der Waals surface area (Å²) in [5.74, 6) is -8.63. The summed E-state index contributed by atoms with van der Waals surface area (Å²) in [6.07, 6.45) is -0.619. The fraction of sp³-hybridized carbons (Fsp3) is 0.656. The number of benzene rings is 1. The number of rotatable bonds is 14. The number of carbonyl (C=O) groups excluding carboxylic acids is 5. The normalized spacial score (nSPS) is 22.5. The van der Waals surface area contributed by atoms with Gasteiger partial charge >= 0.3 is 6.09 Å². The van der Waals surface area contributed by atoms with E-state index in [9.17, 15) is 32.8 Å². The quantitative estimate of drug-likeness (QED) is 0.300. The summed E-state index contributed by atoms with van der Waals surface area (Å²) in [5.41, 5.74) is 0.917. The molecule has 1 saturated carbocycles. The van der Waals surface area contributed by atoms with Gasteiger partial charge in [-0.1, -0.05) is 57.5 Å². The number of aryl methyl sites for hydroxylation is 1. The van der Waals surface area contributed by atoms with Crippen LogP contribution in [-0.2, 0) is 30.3 Å². The van der Waals surface area contributed by atoms with E-state index in [2.05, 4.69) is 5.32 Å². The van der Waals surface area contributed by atoms with Crippen molar-refractivity contribution >= 4 is 29.4 Å². The van der Waals surface area contributed by atoms with Crippen LogP contribution in [0.1, 0.15) is 78.7 Å². The van der Waals surface area contributed by atoms with Gasteiger partial charge in [0.2, 0.25) is 11.7 Å². The van der Waals surface area contributed by atoms with Crippen LogP contribution >= 0.6 is 0 Å². The lowest BCUT2D eigenvalue weighted by molar-refractivity contribution is -0.143. The SMILES string of the molecule is CCCC(CC(=O)C1[C@H]2CCC(F)(F)[C@H]2CN1C(=O)[C@@H](NC(=O)OC(C)C)C(C)C)C(=O)C(=O)CCc1ccccc1. The standard InChI is InChI=1S/C32H44F2N2O6/c1-6-10-22(29(39)25(37)14-13-21-11-8-7-9-12-21)17-26(38)28-23-15-16-32(33,34)24(23)18-36(28)30(40)27(19(2)3)35-31(41)42-20(4)5/h7-9,11-12,19-20,22-24,27-28H,6,10,13-18H2,1-5H3,(H,35,41)/t22?,23-,24-,27-,28?/m0/s1. The first-order chi connectivity index (χ1) is 19.8. The molecule has 1 heterocycles. The summed E-state index contributed by atoms with van der Waals surface area (Å²) in [6.45, 7) is 8.25. The fourth-order valence-electron chi connectivity index (χ4n) is 6.26. The Labute approximate surface area is 246 Å². The van der Waals surface area contributed by atoms with Crippen molar-refractivity contribution in [3.63, 3.8) is 0 Å². The van der Waals surface area contributed by atoms with Crippen LogP contribution in [0.15, 0.2) is 30.3 Å². The van der Waals surface area contributed by atoms with Gasteiger partial charge in [0.1, 0.15) is 6.04 Å². The highest BCUT2D eigenvalue weighted by Crippen LogP contribution is 2.51. The summed E-state index contributed by atoms with van der Waals surface area (Å²) in [4.78, 5) is 67.2. The molecule has 10 heteroatoms. The lowest BCUT2D eigenvalue weighted by Gasteiger charge is -2.32. The lowest BCUT2D eigenvalue weighted by Crippen LogP contribution is -2.55. The number of hydrogen-bond donors (Lipinski definition) is 1. The van der Waals surface area contributed by atoms with E-state index < -0.39 is 77.1 Å². The average molecular weight is 591 g/mol. The van der Waals surface area contributed by atoms with E-state index in [4.69, 9.17) is 4.74 Å². The molecule has 2 unspecified atom stereocenters. The molecule has 0 aromatic heterocycles. The number of hydrogen-bond acceptors (Lipinski definition) is 6. The molecule has 1 aromatic rings. The second-order valence-corrected chi connectivity index (χ2v) is 12.3. The Morgan fingerprint density at radius 2 is 1.74 bits per heavy atom. The zero-order valence-corrected chi connectivity index (χ0v) is 25.2. The Bertz CT molecular complexity index is 1140. The minimum absolute atomic E-state index is 0.0103. The van der Waals surface area contributed by atoms with E-state index >= 15 is 0 Å². The number of alkyl halides is 2. The molecule has 1 aliphatic heterocycles. The van der Waals surface area contributed by atoms with Crippen LogP contribution in [0.4, 0.5) is 13.6 Å². The van der Waals surface area contributed by atoms with Crippen LogP contribution in [0.3, 0.4) is 0 Å². The lowest BCUT2D eigenvalue weighted by atomic mass is 9.83. The van der Waals surface area contributed by atoms with Crippen LogP contribution in [0, 0.1) is 23.7 Å². The van der Waals surface area contributed by atoms with E-state index in [1.165, 1.54) is 4.90 Å². The molecular weight excluding hydrogens is 546 g/mol. The van der Waals surface area contributed by atoms with Gasteiger partial charge in [0.25, 0.3) is 5.92 Å². The van der Waals surface area contributed by atoms with Gasteiger partial charge in [-0.2, -0.15) is 0 Å². The molecule has 2 fully saturated rings. The summed E-state index contributed by atoms with van der Waals surface area (Å²) in [7, 11) is 0. The molecule has 1 aromatic carbocycles. The highest BCUT2D eigenvalue weighted by molar-refractivity contribution is 6.38. The first-order valence-electron chi connectivity index (χ1n) is 15.1.